The molecule has 0 aromatic heterocycles. The Bertz CT molecular complexity index is 728. The minimum Gasteiger partial charge on any atom is -0.348 e. The van der Waals surface area contributed by atoms with Crippen molar-refractivity contribution in [2.75, 3.05) is 14.1 Å². The maximum Gasteiger partial charge on any atom is 0.253 e. The summed E-state index contributed by atoms with van der Waals surface area (Å²) in [5.41, 5.74) is 1.95. The Labute approximate surface area is 145 Å². The van der Waals surface area contributed by atoms with E-state index in [0.717, 1.165) is 5.56 Å². The summed E-state index contributed by atoms with van der Waals surface area (Å²) in [7, 11) is 3.40. The lowest BCUT2D eigenvalue weighted by Crippen LogP contribution is -2.23. The lowest BCUT2D eigenvalue weighted by atomic mass is 10.1. The highest BCUT2D eigenvalue weighted by Crippen LogP contribution is 2.22. The van der Waals surface area contributed by atoms with E-state index in [1.54, 1.807) is 38.4 Å². The van der Waals surface area contributed by atoms with Gasteiger partial charge in [0.2, 0.25) is 0 Å². The van der Waals surface area contributed by atoms with E-state index in [0.29, 0.717) is 27.7 Å². The molecule has 0 bridgehead atoms. The third-order valence-corrected chi connectivity index (χ3v) is 3.98. The first kappa shape index (κ1) is 17.3. The second-order valence-corrected chi connectivity index (χ2v) is 6.02. The zero-order valence-electron chi connectivity index (χ0n) is 12.8. The molecule has 2 aromatic rings. The summed E-state index contributed by atoms with van der Waals surface area (Å²) < 4.78 is 0. The summed E-state index contributed by atoms with van der Waals surface area (Å²) in [6, 6.07) is 11.8. The molecule has 0 fully saturated rings. The van der Waals surface area contributed by atoms with Crippen LogP contribution in [0.5, 0.6) is 0 Å². The van der Waals surface area contributed by atoms with Crippen LogP contribution in [0.25, 0.3) is 0 Å². The largest absolute Gasteiger partial charge is 0.348 e. The molecule has 2 aromatic carbocycles. The third kappa shape index (κ3) is 4.47. The molecular weight excluding hydrogens is 335 g/mol. The lowest BCUT2D eigenvalue weighted by molar-refractivity contribution is 0.0827. The minimum absolute atomic E-state index is 0.0589. The van der Waals surface area contributed by atoms with E-state index in [2.05, 4.69) is 5.32 Å². The van der Waals surface area contributed by atoms with Gasteiger partial charge >= 0.3 is 0 Å². The first-order chi connectivity index (χ1) is 10.9. The van der Waals surface area contributed by atoms with Crippen LogP contribution in [0.3, 0.4) is 0 Å². The molecule has 0 saturated heterocycles. The minimum atomic E-state index is -0.239. The van der Waals surface area contributed by atoms with E-state index >= 15 is 0 Å². The van der Waals surface area contributed by atoms with E-state index in [1.165, 1.54) is 11.0 Å². The lowest BCUT2D eigenvalue weighted by Gasteiger charge is -2.11. The fourth-order valence-electron chi connectivity index (χ4n) is 1.95. The van der Waals surface area contributed by atoms with Gasteiger partial charge < -0.3 is 10.2 Å². The number of carbonyl (C=O) groups is 2. The second-order valence-electron chi connectivity index (χ2n) is 5.21. The predicted octanol–water partition coefficient (Wildman–Crippen LogP) is 3.63. The molecule has 0 saturated carbocycles. The quantitative estimate of drug-likeness (QED) is 0.915. The Balaban J connectivity index is 1.99. The molecule has 2 rings (SSSR count). The maximum atomic E-state index is 12.1. The van der Waals surface area contributed by atoms with Crippen LogP contribution in [-0.4, -0.2) is 30.8 Å². The molecule has 0 atom stereocenters. The maximum absolute atomic E-state index is 12.1. The highest BCUT2D eigenvalue weighted by molar-refractivity contribution is 6.42. The van der Waals surface area contributed by atoms with Crippen LogP contribution in [0.1, 0.15) is 26.3 Å². The Morgan fingerprint density at radius 3 is 2.13 bits per heavy atom. The molecule has 0 radical (unpaired) electrons. The van der Waals surface area contributed by atoms with Gasteiger partial charge in [0.15, 0.2) is 0 Å². The second kappa shape index (κ2) is 7.49. The number of rotatable bonds is 4. The van der Waals surface area contributed by atoms with Gasteiger partial charge in [-0.25, -0.2) is 0 Å². The number of benzene rings is 2. The van der Waals surface area contributed by atoms with Gasteiger partial charge in [0.25, 0.3) is 11.8 Å². The molecule has 0 aliphatic carbocycles. The summed E-state index contributed by atoms with van der Waals surface area (Å²) in [5, 5.41) is 3.54. The van der Waals surface area contributed by atoms with Gasteiger partial charge in [-0.05, 0) is 35.9 Å². The zero-order chi connectivity index (χ0) is 17.0. The highest BCUT2D eigenvalue weighted by Gasteiger charge is 2.09. The van der Waals surface area contributed by atoms with Crippen LogP contribution >= 0.6 is 23.2 Å². The van der Waals surface area contributed by atoms with Crippen molar-refractivity contribution in [3.05, 3.63) is 69.2 Å². The molecule has 6 heteroatoms. The van der Waals surface area contributed by atoms with Gasteiger partial charge in [0.1, 0.15) is 0 Å². The van der Waals surface area contributed by atoms with Crippen molar-refractivity contribution in [2.24, 2.45) is 0 Å². The van der Waals surface area contributed by atoms with Crippen molar-refractivity contribution in [2.45, 2.75) is 6.54 Å². The standard InChI is InChI=1S/C17H16Cl2N2O2/c1-21(2)17(23)12-5-3-11(4-6-12)10-20-16(22)13-7-8-14(18)15(19)9-13/h3-9H,10H2,1-2H3,(H,20,22). The molecule has 120 valence electrons. The topological polar surface area (TPSA) is 49.4 Å². The number of halogens is 2. The third-order valence-electron chi connectivity index (χ3n) is 3.24. The molecule has 0 heterocycles. The summed E-state index contributed by atoms with van der Waals surface area (Å²) in [6.07, 6.45) is 0. The molecule has 0 spiro atoms. The first-order valence-electron chi connectivity index (χ1n) is 6.92. The van der Waals surface area contributed by atoms with Crippen LogP contribution in [0.15, 0.2) is 42.5 Å². The molecule has 0 unspecified atom stereocenters. The van der Waals surface area contributed by atoms with Crippen LogP contribution in [0.2, 0.25) is 10.0 Å². The zero-order valence-corrected chi connectivity index (χ0v) is 14.3. The van der Waals surface area contributed by atoms with E-state index < -0.39 is 0 Å². The van der Waals surface area contributed by atoms with Crippen LogP contribution in [0.4, 0.5) is 0 Å². The van der Waals surface area contributed by atoms with E-state index in [1.807, 2.05) is 12.1 Å². The van der Waals surface area contributed by atoms with Gasteiger partial charge in [-0.2, -0.15) is 0 Å². The van der Waals surface area contributed by atoms with Crippen molar-refractivity contribution in [1.29, 1.82) is 0 Å². The SMILES string of the molecule is CN(C)C(=O)c1ccc(CNC(=O)c2ccc(Cl)c(Cl)c2)cc1. The van der Waals surface area contributed by atoms with E-state index in [4.69, 9.17) is 23.2 Å². The predicted molar refractivity (Wildman–Crippen MR) is 92.1 cm³/mol. The van der Waals surface area contributed by atoms with Gasteiger partial charge in [-0.3, -0.25) is 9.59 Å². The van der Waals surface area contributed by atoms with Gasteiger partial charge in [-0.15, -0.1) is 0 Å². The molecule has 4 nitrogen and oxygen atoms in total. The Hall–Kier alpha value is -2.04. The first-order valence-corrected chi connectivity index (χ1v) is 7.68. The number of nitrogens with one attached hydrogen (secondary N) is 1. The molecule has 1 N–H and O–H groups in total. The number of carbonyl (C=O) groups excluding carboxylic acids is 2. The molecule has 2 amide bonds. The fraction of sp³-hybridized carbons (Fsp3) is 0.176. The number of amides is 2. The average molecular weight is 351 g/mol. The van der Waals surface area contributed by atoms with Crippen LogP contribution in [0, 0.1) is 0 Å². The molecule has 0 aliphatic heterocycles. The summed E-state index contributed by atoms with van der Waals surface area (Å²) in [5.74, 6) is -0.298. The number of hydrogen-bond acceptors (Lipinski definition) is 2. The monoisotopic (exact) mass is 350 g/mol. The van der Waals surface area contributed by atoms with Crippen molar-refractivity contribution in [3.8, 4) is 0 Å². The van der Waals surface area contributed by atoms with Gasteiger partial charge in [0, 0.05) is 31.8 Å². The van der Waals surface area contributed by atoms with Gasteiger partial charge in [-0.1, -0.05) is 35.3 Å². The van der Waals surface area contributed by atoms with Crippen LogP contribution < -0.4 is 5.32 Å². The molecule has 0 aliphatic rings. The van der Waals surface area contributed by atoms with Crippen molar-refractivity contribution in [1.82, 2.24) is 10.2 Å². The summed E-state index contributed by atoms with van der Waals surface area (Å²) >= 11 is 11.7. The smallest absolute Gasteiger partial charge is 0.253 e. The normalized spacial score (nSPS) is 10.3. The van der Waals surface area contributed by atoms with Crippen molar-refractivity contribution < 1.29 is 9.59 Å². The highest BCUT2D eigenvalue weighted by atomic mass is 35.5. The van der Waals surface area contributed by atoms with Gasteiger partial charge in [0.05, 0.1) is 10.0 Å². The summed E-state index contributed by atoms with van der Waals surface area (Å²) in [4.78, 5) is 25.4. The van der Waals surface area contributed by atoms with E-state index in [-0.39, 0.29) is 11.8 Å². The van der Waals surface area contributed by atoms with E-state index in [9.17, 15) is 9.59 Å². The fourth-order valence-corrected chi connectivity index (χ4v) is 2.24. The van der Waals surface area contributed by atoms with Crippen molar-refractivity contribution >= 4 is 35.0 Å². The Morgan fingerprint density at radius 2 is 1.57 bits per heavy atom. The molecular formula is C17H16Cl2N2O2. The number of hydrogen-bond donors (Lipinski definition) is 1. The average Bonchev–Trinajstić information content (AvgIpc) is 2.54. The number of nitrogens with zero attached hydrogens (tertiary/aromatic N) is 1. The molecule has 23 heavy (non-hydrogen) atoms. The van der Waals surface area contributed by atoms with Crippen molar-refractivity contribution in [3.63, 3.8) is 0 Å². The Morgan fingerprint density at radius 1 is 0.957 bits per heavy atom. The van der Waals surface area contributed by atoms with Crippen LogP contribution in [-0.2, 0) is 6.54 Å². The Kier molecular flexibility index (Phi) is 5.64. The summed E-state index contributed by atoms with van der Waals surface area (Å²) in [6.45, 7) is 0.357.